The molecule has 1 aromatic rings. The lowest BCUT2D eigenvalue weighted by Gasteiger charge is -2.28. The highest BCUT2D eigenvalue weighted by molar-refractivity contribution is 8.02. The molecule has 0 bridgehead atoms. The van der Waals surface area contributed by atoms with Crippen LogP contribution in [-0.4, -0.2) is 26.9 Å². The van der Waals surface area contributed by atoms with Crippen LogP contribution in [0.15, 0.2) is 9.85 Å². The van der Waals surface area contributed by atoms with Crippen LogP contribution in [0.4, 0.5) is 0 Å². The van der Waals surface area contributed by atoms with Gasteiger partial charge in [0.15, 0.2) is 4.34 Å². The van der Waals surface area contributed by atoms with Crippen LogP contribution in [0.2, 0.25) is 0 Å². The van der Waals surface area contributed by atoms with Gasteiger partial charge in [0.2, 0.25) is 5.91 Å². The van der Waals surface area contributed by atoms with Crippen molar-refractivity contribution in [3.05, 3.63) is 5.51 Å². The Labute approximate surface area is 115 Å². The first kappa shape index (κ1) is 14.9. The van der Waals surface area contributed by atoms with Crippen LogP contribution in [0.3, 0.4) is 0 Å². The van der Waals surface area contributed by atoms with Crippen LogP contribution < -0.4 is 5.32 Å². The molecule has 0 saturated carbocycles. The van der Waals surface area contributed by atoms with Crippen molar-refractivity contribution < 1.29 is 4.79 Å². The highest BCUT2D eigenvalue weighted by Gasteiger charge is 2.31. The highest BCUT2D eigenvalue weighted by Crippen LogP contribution is 2.25. The van der Waals surface area contributed by atoms with Crippen LogP contribution in [-0.2, 0) is 4.79 Å². The van der Waals surface area contributed by atoms with Crippen molar-refractivity contribution >= 4 is 29.0 Å². The van der Waals surface area contributed by atoms with E-state index in [4.69, 9.17) is 5.26 Å². The van der Waals surface area contributed by atoms with Gasteiger partial charge in [0.1, 0.15) is 11.0 Å². The molecule has 5 nitrogen and oxygen atoms in total. The Morgan fingerprint density at radius 3 is 2.72 bits per heavy atom. The summed E-state index contributed by atoms with van der Waals surface area (Å²) in [6.45, 7) is 7.34. The fraction of sp³-hybridized carbons (Fsp3) is 0.636. The van der Waals surface area contributed by atoms with Crippen molar-refractivity contribution in [2.24, 2.45) is 5.92 Å². The molecule has 0 fully saturated rings. The second kappa shape index (κ2) is 6.16. The van der Waals surface area contributed by atoms with Gasteiger partial charge in [-0.05, 0) is 19.8 Å². The second-order valence-electron chi connectivity index (χ2n) is 4.42. The summed E-state index contributed by atoms with van der Waals surface area (Å²) in [7, 11) is 0. The number of nitrogens with one attached hydrogen (secondary N) is 1. The van der Waals surface area contributed by atoms with E-state index >= 15 is 0 Å². The van der Waals surface area contributed by atoms with E-state index in [9.17, 15) is 4.79 Å². The monoisotopic (exact) mass is 284 g/mol. The van der Waals surface area contributed by atoms with E-state index in [2.05, 4.69) is 21.6 Å². The first-order chi connectivity index (χ1) is 8.39. The number of thioether (sulfide) groups is 1. The third kappa shape index (κ3) is 3.68. The summed E-state index contributed by atoms with van der Waals surface area (Å²) in [4.78, 5) is 12.0. The van der Waals surface area contributed by atoms with E-state index in [1.165, 1.54) is 23.1 Å². The average Bonchev–Trinajstić information content (AvgIpc) is 2.81. The van der Waals surface area contributed by atoms with Gasteiger partial charge in [0.25, 0.3) is 0 Å². The first-order valence-corrected chi connectivity index (χ1v) is 7.31. The Kier molecular flexibility index (Phi) is 5.11. The lowest BCUT2D eigenvalue weighted by molar-refractivity contribution is -0.121. The Morgan fingerprint density at radius 1 is 1.61 bits per heavy atom. The molecule has 98 valence electrons. The van der Waals surface area contributed by atoms with E-state index < -0.39 is 5.54 Å². The molecular weight excluding hydrogens is 268 g/mol. The van der Waals surface area contributed by atoms with Gasteiger partial charge in [-0.1, -0.05) is 36.9 Å². The number of hydrogen-bond acceptors (Lipinski definition) is 6. The summed E-state index contributed by atoms with van der Waals surface area (Å²) in [5, 5.41) is 19.2. The van der Waals surface area contributed by atoms with Gasteiger partial charge < -0.3 is 5.32 Å². The second-order valence-corrected chi connectivity index (χ2v) is 6.84. The number of carbonyl (C=O) groups is 1. The summed E-state index contributed by atoms with van der Waals surface area (Å²) in [5.41, 5.74) is 0.785. The van der Waals surface area contributed by atoms with E-state index in [0.717, 1.165) is 4.34 Å². The summed E-state index contributed by atoms with van der Waals surface area (Å²) < 4.78 is 0.751. The quantitative estimate of drug-likeness (QED) is 0.837. The molecule has 0 saturated heterocycles. The number of carbonyl (C=O) groups excluding carboxylic acids is 1. The fourth-order valence-corrected chi connectivity index (χ4v) is 2.70. The summed E-state index contributed by atoms with van der Waals surface area (Å²) >= 11 is 2.74. The molecule has 7 heteroatoms. The maximum Gasteiger partial charge on any atom is 0.234 e. The lowest BCUT2D eigenvalue weighted by Crippen LogP contribution is -2.51. The van der Waals surface area contributed by atoms with Crippen LogP contribution in [0.25, 0.3) is 0 Å². The molecule has 0 spiro atoms. The fourth-order valence-electron chi connectivity index (χ4n) is 1.08. The van der Waals surface area contributed by atoms with Crippen molar-refractivity contribution in [2.45, 2.75) is 42.8 Å². The molecule has 0 aliphatic heterocycles. The molecule has 1 amide bonds. The Morgan fingerprint density at radius 2 is 2.28 bits per heavy atom. The van der Waals surface area contributed by atoms with Crippen molar-refractivity contribution in [1.29, 1.82) is 5.26 Å². The number of rotatable bonds is 5. The average molecular weight is 284 g/mol. The van der Waals surface area contributed by atoms with Crippen LogP contribution in [0, 0.1) is 17.2 Å². The SMILES string of the molecule is CC(Sc1nncs1)C(=O)NC(C)(C#N)C(C)C. The normalized spacial score (nSPS) is 15.8. The Balaban J connectivity index is 2.63. The van der Waals surface area contributed by atoms with Gasteiger partial charge in [-0.3, -0.25) is 4.79 Å². The predicted octanol–water partition coefficient (Wildman–Crippen LogP) is 2.07. The Bertz CT molecular complexity index is 440. The number of hydrogen-bond donors (Lipinski definition) is 1. The van der Waals surface area contributed by atoms with E-state index in [-0.39, 0.29) is 17.1 Å². The van der Waals surface area contributed by atoms with E-state index in [1.54, 1.807) is 19.4 Å². The minimum Gasteiger partial charge on any atom is -0.337 e. The smallest absolute Gasteiger partial charge is 0.234 e. The maximum absolute atomic E-state index is 12.0. The van der Waals surface area contributed by atoms with Crippen LogP contribution >= 0.6 is 23.1 Å². The van der Waals surface area contributed by atoms with Crippen molar-refractivity contribution in [1.82, 2.24) is 15.5 Å². The van der Waals surface area contributed by atoms with Crippen LogP contribution in [0.1, 0.15) is 27.7 Å². The van der Waals surface area contributed by atoms with Crippen molar-refractivity contribution in [3.8, 4) is 6.07 Å². The molecule has 18 heavy (non-hydrogen) atoms. The molecule has 1 aromatic heterocycles. The zero-order valence-corrected chi connectivity index (χ0v) is 12.4. The van der Waals surface area contributed by atoms with Crippen LogP contribution in [0.5, 0.6) is 0 Å². The van der Waals surface area contributed by atoms with Gasteiger partial charge in [-0.15, -0.1) is 10.2 Å². The number of nitriles is 1. The molecule has 2 unspecified atom stereocenters. The summed E-state index contributed by atoms with van der Waals surface area (Å²) in [6, 6.07) is 2.16. The van der Waals surface area contributed by atoms with Gasteiger partial charge in [0.05, 0.1) is 11.3 Å². The molecule has 2 atom stereocenters. The summed E-state index contributed by atoms with van der Waals surface area (Å²) in [6.07, 6.45) is 0. The largest absolute Gasteiger partial charge is 0.337 e. The third-order valence-electron chi connectivity index (χ3n) is 2.76. The van der Waals surface area contributed by atoms with Gasteiger partial charge in [0, 0.05) is 0 Å². The molecule has 0 aliphatic rings. The highest BCUT2D eigenvalue weighted by atomic mass is 32.2. The number of nitrogens with zero attached hydrogens (tertiary/aromatic N) is 3. The molecule has 0 radical (unpaired) electrons. The number of amides is 1. The Hall–Kier alpha value is -1.13. The zero-order valence-electron chi connectivity index (χ0n) is 10.8. The van der Waals surface area contributed by atoms with E-state index in [1.807, 2.05) is 13.8 Å². The molecule has 1 N–H and O–H groups in total. The maximum atomic E-state index is 12.0. The van der Waals surface area contributed by atoms with Gasteiger partial charge in [-0.25, -0.2) is 0 Å². The molecule has 0 aromatic carbocycles. The lowest BCUT2D eigenvalue weighted by atomic mass is 9.90. The van der Waals surface area contributed by atoms with E-state index in [0.29, 0.717) is 0 Å². The van der Waals surface area contributed by atoms with Gasteiger partial charge in [-0.2, -0.15) is 5.26 Å². The molecule has 1 heterocycles. The predicted molar refractivity (Wildman–Crippen MR) is 72.2 cm³/mol. The molecule has 0 aliphatic carbocycles. The molecule has 1 rings (SSSR count). The molecular formula is C11H16N4OS2. The third-order valence-corrected chi connectivity index (χ3v) is 4.67. The van der Waals surface area contributed by atoms with Crippen molar-refractivity contribution in [3.63, 3.8) is 0 Å². The topological polar surface area (TPSA) is 78.7 Å². The minimum atomic E-state index is -0.840. The minimum absolute atomic E-state index is 0.0465. The van der Waals surface area contributed by atoms with Crippen molar-refractivity contribution in [2.75, 3.05) is 0 Å². The van der Waals surface area contributed by atoms with Gasteiger partial charge >= 0.3 is 0 Å². The summed E-state index contributed by atoms with van der Waals surface area (Å²) in [5.74, 6) is -0.113. The first-order valence-electron chi connectivity index (χ1n) is 5.55. The standard InChI is InChI=1S/C11H16N4OS2/c1-7(2)11(4,5-12)14-9(16)8(3)18-10-15-13-6-17-10/h6-8H,1-4H3,(H,14,16). The number of aromatic nitrogens is 2. The zero-order chi connectivity index (χ0) is 13.8.